The third-order valence-electron chi connectivity index (χ3n) is 11.0. The van der Waals surface area contributed by atoms with E-state index in [0.29, 0.717) is 17.5 Å². The van der Waals surface area contributed by atoms with Crippen LogP contribution in [0.1, 0.15) is 77.8 Å². The Morgan fingerprint density at radius 1 is 0.571 bits per heavy atom. The molecule has 2 aromatic carbocycles. The molecule has 2 rings (SSSR count). The maximum Gasteiger partial charge on any atom is 0.328 e. The number of phenols is 1. The van der Waals surface area contributed by atoms with Crippen LogP contribution in [0.5, 0.6) is 5.75 Å². The van der Waals surface area contributed by atoms with E-state index in [9.17, 15) is 68.4 Å². The second-order valence-electron chi connectivity index (χ2n) is 17.4. The maximum atomic E-state index is 14.3. The predicted molar refractivity (Wildman–Crippen MR) is 251 cm³/mol. The van der Waals surface area contributed by atoms with Gasteiger partial charge in [0.15, 0.2) is 6.04 Å². The van der Waals surface area contributed by atoms with Crippen molar-refractivity contribution in [2.24, 2.45) is 29.0 Å². The van der Waals surface area contributed by atoms with Gasteiger partial charge in [-0.2, -0.15) is 0 Å². The fourth-order valence-corrected chi connectivity index (χ4v) is 6.84. The number of aliphatic hydroxyl groups excluding tert-OH is 2. The summed E-state index contributed by atoms with van der Waals surface area (Å²) in [4.78, 5) is 132. The van der Waals surface area contributed by atoms with E-state index in [-0.39, 0.29) is 37.4 Å². The quantitative estimate of drug-likeness (QED) is 0.0363. The molecule has 386 valence electrons. The van der Waals surface area contributed by atoms with E-state index in [0.717, 1.165) is 6.92 Å². The molecule has 9 amide bonds. The Labute approximate surface area is 405 Å². The summed E-state index contributed by atoms with van der Waals surface area (Å²) in [7, 11) is 0. The van der Waals surface area contributed by atoms with Crippen LogP contribution in [-0.4, -0.2) is 141 Å². The zero-order chi connectivity index (χ0) is 52.8. The normalized spacial score (nSPS) is 15.4. The van der Waals surface area contributed by atoms with Crippen LogP contribution in [-0.2, 0) is 60.8 Å². The number of aliphatic hydroxyl groups is 2. The molecule has 0 aliphatic rings. The third-order valence-corrected chi connectivity index (χ3v) is 11.0. The van der Waals surface area contributed by atoms with Gasteiger partial charge in [-0.1, -0.05) is 76.6 Å². The highest BCUT2D eigenvalue weighted by molar-refractivity contribution is 5.99. The number of carbonyl (C=O) groups is 10. The van der Waals surface area contributed by atoms with Gasteiger partial charge in [0.05, 0.1) is 19.1 Å². The number of phenolic OH excluding ortho intramolecular Hbond substituents is 1. The number of carbonyl (C=O) groups excluding carboxylic acids is 9. The molecule has 0 aliphatic heterocycles. The first kappa shape index (κ1) is 58.9. The van der Waals surface area contributed by atoms with Crippen LogP contribution < -0.4 is 54.4 Å². The molecule has 0 spiro atoms. The first-order chi connectivity index (χ1) is 32.9. The van der Waals surface area contributed by atoms with Crippen molar-refractivity contribution >= 4 is 59.1 Å². The van der Waals surface area contributed by atoms with Crippen molar-refractivity contribution in [2.75, 3.05) is 6.61 Å². The number of nitrogens with one attached hydrogen (secondary N) is 7. The SMILES string of the molecule is CC[C@H](C)[C@H](NC(=O)[C@H](CCC(N)=O)NC(=O)[C@H](CC(C)C)NC(=O)[C@H](Cc1ccc(O)cc1)NC(=O)[C@H](CC(N)=O)NC(=O)[C@H](Cc1ccccc1)NC(=O)[C@@H](N)CO)C(=O)N[C@H](C(=O)O)[C@@H](C)O. The molecule has 0 saturated heterocycles. The summed E-state index contributed by atoms with van der Waals surface area (Å²) in [5.74, 6) is -11.3. The number of benzene rings is 2. The van der Waals surface area contributed by atoms with Crippen LogP contribution in [0.3, 0.4) is 0 Å². The summed E-state index contributed by atoms with van der Waals surface area (Å²) in [6.45, 7) is 7.11. The molecule has 0 aliphatic carbocycles. The van der Waals surface area contributed by atoms with Gasteiger partial charge in [0.2, 0.25) is 53.2 Å². The van der Waals surface area contributed by atoms with Crippen LogP contribution in [0.4, 0.5) is 0 Å². The minimum Gasteiger partial charge on any atom is -0.508 e. The van der Waals surface area contributed by atoms with Gasteiger partial charge in [-0.15, -0.1) is 0 Å². The summed E-state index contributed by atoms with van der Waals surface area (Å²) in [5, 5.41) is 55.9. The molecule has 2 aromatic rings. The number of aliphatic carboxylic acids is 1. The average molecular weight is 985 g/mol. The molecule has 0 bridgehead atoms. The molecular formula is C46H68N10O14. The Morgan fingerprint density at radius 3 is 1.51 bits per heavy atom. The molecule has 0 aromatic heterocycles. The first-order valence-electron chi connectivity index (χ1n) is 22.6. The fourth-order valence-electron chi connectivity index (χ4n) is 6.84. The Kier molecular flexibility index (Phi) is 24.4. The van der Waals surface area contributed by atoms with Crippen LogP contribution >= 0.6 is 0 Å². The standard InChI is InChI=1S/C46H68N10O14/c1-6-24(4)37(45(68)56-38(25(5)58)46(69)70)55-40(63)30(16-17-35(48)60)50-41(64)31(18-23(2)3)52-43(66)33(20-27-12-14-28(59)15-13-27)53-44(67)34(21-36(49)61)54-42(65)32(51-39(62)29(47)22-57)19-26-10-8-7-9-11-26/h7-15,23-25,29-34,37-38,57-59H,6,16-22,47H2,1-5H3,(H2,48,60)(H2,49,61)(H,50,64)(H,51,62)(H,52,66)(H,53,67)(H,54,65)(H,55,63)(H,56,68)(H,69,70)/t24-,25+,29-,30-,31-,32-,33-,34-,37-,38-/m0/s1. The second-order valence-corrected chi connectivity index (χ2v) is 17.4. The second kappa shape index (κ2) is 29.0. The molecule has 10 atom stereocenters. The van der Waals surface area contributed by atoms with Crippen molar-refractivity contribution in [1.82, 2.24) is 37.2 Å². The Morgan fingerprint density at radius 2 is 1.03 bits per heavy atom. The smallest absolute Gasteiger partial charge is 0.328 e. The minimum absolute atomic E-state index is 0.0652. The molecule has 0 saturated carbocycles. The number of aromatic hydroxyl groups is 1. The Balaban J connectivity index is 2.52. The van der Waals surface area contributed by atoms with Gasteiger partial charge in [0.25, 0.3) is 0 Å². The number of carboxylic acids is 1. The van der Waals surface area contributed by atoms with Gasteiger partial charge >= 0.3 is 5.97 Å². The molecule has 24 nitrogen and oxygen atoms in total. The average Bonchev–Trinajstić information content (AvgIpc) is 3.29. The summed E-state index contributed by atoms with van der Waals surface area (Å²) in [6.07, 6.45) is -3.30. The Bertz CT molecular complexity index is 2130. The van der Waals surface area contributed by atoms with E-state index < -0.39 is 139 Å². The van der Waals surface area contributed by atoms with Gasteiger partial charge in [-0.05, 0) is 54.9 Å². The van der Waals surface area contributed by atoms with E-state index in [1.165, 1.54) is 24.3 Å². The molecule has 0 fully saturated rings. The molecular weight excluding hydrogens is 917 g/mol. The van der Waals surface area contributed by atoms with E-state index in [2.05, 4.69) is 37.2 Å². The number of hydrogen-bond acceptors (Lipinski definition) is 14. The van der Waals surface area contributed by atoms with Crippen LogP contribution in [0.25, 0.3) is 0 Å². The lowest BCUT2D eigenvalue weighted by molar-refractivity contribution is -0.145. The van der Waals surface area contributed by atoms with E-state index in [4.69, 9.17) is 17.2 Å². The highest BCUT2D eigenvalue weighted by atomic mass is 16.4. The largest absolute Gasteiger partial charge is 0.508 e. The Hall–Kier alpha value is -7.18. The van der Waals surface area contributed by atoms with Gasteiger partial charge in [0, 0.05) is 19.3 Å². The topological polar surface area (TPSA) is 414 Å². The highest BCUT2D eigenvalue weighted by Crippen LogP contribution is 2.15. The summed E-state index contributed by atoms with van der Waals surface area (Å²) in [6, 6.07) is 1.65. The van der Waals surface area contributed by atoms with Crippen molar-refractivity contribution in [1.29, 1.82) is 0 Å². The summed E-state index contributed by atoms with van der Waals surface area (Å²) < 4.78 is 0. The number of carboxylic acid groups (broad SMARTS) is 1. The van der Waals surface area contributed by atoms with Crippen LogP contribution in [0.2, 0.25) is 0 Å². The van der Waals surface area contributed by atoms with Crippen LogP contribution in [0, 0.1) is 11.8 Å². The summed E-state index contributed by atoms with van der Waals surface area (Å²) in [5.41, 5.74) is 17.5. The fraction of sp³-hybridized carbons (Fsp3) is 0.522. The number of rotatable bonds is 30. The highest BCUT2D eigenvalue weighted by Gasteiger charge is 2.37. The van der Waals surface area contributed by atoms with E-state index >= 15 is 0 Å². The van der Waals surface area contributed by atoms with E-state index in [1.54, 1.807) is 58.0 Å². The molecule has 0 radical (unpaired) electrons. The van der Waals surface area contributed by atoms with E-state index in [1.807, 2.05) is 0 Å². The monoisotopic (exact) mass is 984 g/mol. The lowest BCUT2D eigenvalue weighted by Crippen LogP contribution is -2.61. The van der Waals surface area contributed by atoms with Gasteiger partial charge in [-0.3, -0.25) is 43.2 Å². The molecule has 24 heteroatoms. The van der Waals surface area contributed by atoms with Gasteiger partial charge in [-0.25, -0.2) is 4.79 Å². The first-order valence-corrected chi connectivity index (χ1v) is 22.6. The lowest BCUT2D eigenvalue weighted by Gasteiger charge is -2.29. The molecule has 70 heavy (non-hydrogen) atoms. The number of amides is 9. The minimum atomic E-state index is -1.75. The van der Waals surface area contributed by atoms with Gasteiger partial charge in [0.1, 0.15) is 48.0 Å². The number of primary amides is 2. The molecule has 0 unspecified atom stereocenters. The summed E-state index contributed by atoms with van der Waals surface area (Å²) >= 11 is 0. The van der Waals surface area contributed by atoms with Crippen molar-refractivity contribution < 1.29 is 68.4 Å². The van der Waals surface area contributed by atoms with Crippen molar-refractivity contribution in [3.05, 3.63) is 65.7 Å². The maximum absolute atomic E-state index is 14.3. The van der Waals surface area contributed by atoms with Gasteiger partial charge < -0.3 is 74.8 Å². The zero-order valence-corrected chi connectivity index (χ0v) is 39.8. The zero-order valence-electron chi connectivity index (χ0n) is 39.8. The number of nitrogens with two attached hydrogens (primary N) is 3. The predicted octanol–water partition coefficient (Wildman–Crippen LogP) is -3.41. The van der Waals surface area contributed by atoms with Crippen molar-refractivity contribution in [3.8, 4) is 5.75 Å². The molecule has 17 N–H and O–H groups in total. The third kappa shape index (κ3) is 20.2. The van der Waals surface area contributed by atoms with Crippen molar-refractivity contribution in [2.45, 2.75) is 134 Å². The van der Waals surface area contributed by atoms with Crippen LogP contribution in [0.15, 0.2) is 54.6 Å². The lowest BCUT2D eigenvalue weighted by atomic mass is 9.96. The molecule has 0 heterocycles. The van der Waals surface area contributed by atoms with Crippen molar-refractivity contribution in [3.63, 3.8) is 0 Å². The number of hydrogen-bond donors (Lipinski definition) is 14.